The van der Waals surface area contributed by atoms with Gasteiger partial charge in [-0.1, -0.05) is 0 Å². The van der Waals surface area contributed by atoms with E-state index in [9.17, 15) is 4.79 Å². The molecule has 0 aliphatic carbocycles. The average Bonchev–Trinajstić information content (AvgIpc) is 2.96. The van der Waals surface area contributed by atoms with Crippen LogP contribution < -0.4 is 5.48 Å². The first kappa shape index (κ1) is 11.2. The summed E-state index contributed by atoms with van der Waals surface area (Å²) >= 11 is 0. The summed E-state index contributed by atoms with van der Waals surface area (Å²) in [4.78, 5) is 16.9. The minimum absolute atomic E-state index is 0.0131. The molecule has 2 heterocycles. The number of carbonyl (C=O) groups is 1. The molecule has 5 nitrogen and oxygen atoms in total. The highest BCUT2D eigenvalue weighted by Gasteiger charge is 2.19. The molecule has 1 fully saturated rings. The van der Waals surface area contributed by atoms with Gasteiger partial charge in [0.2, 0.25) is 0 Å². The molecular formula is C11H16N2O3. The van der Waals surface area contributed by atoms with Gasteiger partial charge in [0.05, 0.1) is 6.61 Å². The molecule has 1 aliphatic rings. The number of carbonyl (C=O) groups excluding carboxylic acids is 1. The third kappa shape index (κ3) is 2.62. The van der Waals surface area contributed by atoms with Crippen LogP contribution in [0.4, 0.5) is 0 Å². The first-order chi connectivity index (χ1) is 7.77. The van der Waals surface area contributed by atoms with Gasteiger partial charge in [0.15, 0.2) is 0 Å². The summed E-state index contributed by atoms with van der Waals surface area (Å²) in [7, 11) is 0. The lowest BCUT2D eigenvalue weighted by Gasteiger charge is -2.15. The van der Waals surface area contributed by atoms with Gasteiger partial charge in [0, 0.05) is 25.4 Å². The van der Waals surface area contributed by atoms with Crippen molar-refractivity contribution in [2.75, 3.05) is 13.2 Å². The highest BCUT2D eigenvalue weighted by atomic mass is 16.7. The van der Waals surface area contributed by atoms with Crippen LogP contribution in [-0.2, 0) is 14.4 Å². The van der Waals surface area contributed by atoms with Crippen LogP contribution in [0.2, 0.25) is 0 Å². The predicted octanol–water partition coefficient (Wildman–Crippen LogP) is 0.886. The van der Waals surface area contributed by atoms with E-state index in [4.69, 9.17) is 9.57 Å². The van der Waals surface area contributed by atoms with Crippen LogP contribution in [0.3, 0.4) is 0 Å². The quantitative estimate of drug-likeness (QED) is 0.773. The largest absolute Gasteiger partial charge is 0.379 e. The fourth-order valence-electron chi connectivity index (χ4n) is 1.57. The van der Waals surface area contributed by atoms with Gasteiger partial charge in [0.1, 0.15) is 12.1 Å². The molecule has 0 spiro atoms. The van der Waals surface area contributed by atoms with Crippen molar-refractivity contribution < 1.29 is 14.4 Å². The first-order valence-electron chi connectivity index (χ1n) is 5.43. The van der Waals surface area contributed by atoms with Gasteiger partial charge < -0.3 is 9.30 Å². The number of hydroxylamine groups is 1. The Bertz CT molecular complexity index is 331. The van der Waals surface area contributed by atoms with Crippen molar-refractivity contribution in [3.8, 4) is 0 Å². The van der Waals surface area contributed by atoms with E-state index in [1.54, 1.807) is 0 Å². The summed E-state index contributed by atoms with van der Waals surface area (Å²) in [6.07, 6.45) is 4.52. The van der Waals surface area contributed by atoms with Gasteiger partial charge >= 0.3 is 0 Å². The Morgan fingerprint density at radius 3 is 2.94 bits per heavy atom. The van der Waals surface area contributed by atoms with Gasteiger partial charge in [-0.3, -0.25) is 9.63 Å². The summed E-state index contributed by atoms with van der Waals surface area (Å²) in [5, 5.41) is 0. The molecule has 2 unspecified atom stereocenters. The number of hydrogen-bond donors (Lipinski definition) is 1. The molecule has 1 amide bonds. The first-order valence-corrected chi connectivity index (χ1v) is 5.43. The minimum atomic E-state index is -0.266. The van der Waals surface area contributed by atoms with Crippen LogP contribution in [-0.4, -0.2) is 29.8 Å². The highest BCUT2D eigenvalue weighted by molar-refractivity contribution is 5.78. The normalized spacial score (nSPS) is 21.9. The van der Waals surface area contributed by atoms with Gasteiger partial charge in [-0.25, -0.2) is 5.48 Å². The maximum Gasteiger partial charge on any atom is 0.266 e. The fraction of sp³-hybridized carbons (Fsp3) is 0.545. The van der Waals surface area contributed by atoms with Crippen LogP contribution in [0.25, 0.3) is 0 Å². The van der Waals surface area contributed by atoms with Crippen molar-refractivity contribution in [1.82, 2.24) is 10.0 Å². The molecule has 1 aromatic rings. The Kier molecular flexibility index (Phi) is 3.58. The van der Waals surface area contributed by atoms with Crippen molar-refractivity contribution in [2.45, 2.75) is 25.5 Å². The molecule has 1 aliphatic heterocycles. The minimum Gasteiger partial charge on any atom is -0.379 e. The molecule has 2 rings (SSSR count). The maximum absolute atomic E-state index is 11.7. The highest BCUT2D eigenvalue weighted by Crippen LogP contribution is 2.09. The van der Waals surface area contributed by atoms with E-state index in [-0.39, 0.29) is 18.1 Å². The van der Waals surface area contributed by atoms with Crippen LogP contribution in [0, 0.1) is 0 Å². The van der Waals surface area contributed by atoms with Crippen molar-refractivity contribution >= 4 is 5.91 Å². The molecule has 0 bridgehead atoms. The van der Waals surface area contributed by atoms with Crippen molar-refractivity contribution in [1.29, 1.82) is 0 Å². The van der Waals surface area contributed by atoms with Crippen molar-refractivity contribution in [3.63, 3.8) is 0 Å². The lowest BCUT2D eigenvalue weighted by molar-refractivity contribution is -0.141. The third-order valence-electron chi connectivity index (χ3n) is 2.67. The van der Waals surface area contributed by atoms with Gasteiger partial charge in [0.25, 0.3) is 5.91 Å². The molecule has 1 saturated heterocycles. The van der Waals surface area contributed by atoms with Gasteiger partial charge in [-0.2, -0.15) is 0 Å². The number of aromatic nitrogens is 1. The van der Waals surface area contributed by atoms with E-state index >= 15 is 0 Å². The summed E-state index contributed by atoms with van der Waals surface area (Å²) in [6, 6.07) is 3.50. The summed E-state index contributed by atoms with van der Waals surface area (Å²) in [5.41, 5.74) is 2.47. The Hall–Kier alpha value is -1.33. The van der Waals surface area contributed by atoms with E-state index in [2.05, 4.69) is 5.48 Å². The number of rotatable bonds is 4. The monoisotopic (exact) mass is 224 g/mol. The molecule has 2 atom stereocenters. The van der Waals surface area contributed by atoms with Crippen molar-refractivity contribution in [2.24, 2.45) is 0 Å². The van der Waals surface area contributed by atoms with Gasteiger partial charge in [-0.15, -0.1) is 0 Å². The molecule has 0 aromatic carbocycles. The lowest BCUT2D eigenvalue weighted by atomic mass is 10.3. The molecule has 5 heteroatoms. The van der Waals surface area contributed by atoms with E-state index in [0.717, 1.165) is 6.42 Å². The van der Waals surface area contributed by atoms with Gasteiger partial charge in [-0.05, 0) is 19.1 Å². The van der Waals surface area contributed by atoms with Crippen LogP contribution in [0.15, 0.2) is 24.5 Å². The number of nitrogens with one attached hydrogen (secondary N) is 1. The Morgan fingerprint density at radius 1 is 1.56 bits per heavy atom. The van der Waals surface area contributed by atoms with Crippen LogP contribution >= 0.6 is 0 Å². The predicted molar refractivity (Wildman–Crippen MR) is 57.6 cm³/mol. The SMILES string of the molecule is CC(C(=O)NOC1CCOC1)n1cccc1. The van der Waals surface area contributed by atoms with Crippen molar-refractivity contribution in [3.05, 3.63) is 24.5 Å². The zero-order valence-corrected chi connectivity index (χ0v) is 9.26. The second-order valence-electron chi connectivity index (χ2n) is 3.88. The van der Waals surface area contributed by atoms with E-state index in [1.165, 1.54) is 0 Å². The maximum atomic E-state index is 11.7. The Labute approximate surface area is 94.3 Å². The number of nitrogens with zero attached hydrogens (tertiary/aromatic N) is 1. The topological polar surface area (TPSA) is 52.5 Å². The fourth-order valence-corrected chi connectivity index (χ4v) is 1.57. The molecule has 0 radical (unpaired) electrons. The Balaban J connectivity index is 1.79. The summed E-state index contributed by atoms with van der Waals surface area (Å²) in [6.45, 7) is 3.08. The zero-order chi connectivity index (χ0) is 11.4. The van der Waals surface area contributed by atoms with E-state index in [1.807, 2.05) is 36.0 Å². The molecule has 16 heavy (non-hydrogen) atoms. The molecule has 0 saturated carbocycles. The molecule has 1 aromatic heterocycles. The zero-order valence-electron chi connectivity index (χ0n) is 9.26. The average molecular weight is 224 g/mol. The van der Waals surface area contributed by atoms with E-state index < -0.39 is 0 Å². The number of amides is 1. The van der Waals surface area contributed by atoms with E-state index in [0.29, 0.717) is 13.2 Å². The smallest absolute Gasteiger partial charge is 0.266 e. The molecule has 1 N–H and O–H groups in total. The second-order valence-corrected chi connectivity index (χ2v) is 3.88. The molecular weight excluding hydrogens is 208 g/mol. The summed E-state index contributed by atoms with van der Waals surface area (Å²) < 4.78 is 6.96. The van der Waals surface area contributed by atoms with Crippen LogP contribution in [0.5, 0.6) is 0 Å². The molecule has 88 valence electrons. The summed E-state index contributed by atoms with van der Waals surface area (Å²) in [5.74, 6) is -0.150. The Morgan fingerprint density at radius 2 is 2.31 bits per heavy atom. The standard InChI is InChI=1S/C11H16N2O3/c1-9(13-5-2-3-6-13)11(14)12-16-10-4-7-15-8-10/h2-3,5-6,9-10H,4,7-8H2,1H3,(H,12,14). The number of ether oxygens (including phenoxy) is 1. The third-order valence-corrected chi connectivity index (χ3v) is 2.67. The number of hydrogen-bond acceptors (Lipinski definition) is 3. The second kappa shape index (κ2) is 5.14. The lowest BCUT2D eigenvalue weighted by Crippen LogP contribution is -2.34. The van der Waals surface area contributed by atoms with Crippen LogP contribution in [0.1, 0.15) is 19.4 Å².